The van der Waals surface area contributed by atoms with Gasteiger partial charge in [-0.1, -0.05) is 24.3 Å². The van der Waals surface area contributed by atoms with E-state index in [-0.39, 0.29) is 6.04 Å². The molecule has 0 fully saturated rings. The summed E-state index contributed by atoms with van der Waals surface area (Å²) in [6, 6.07) is 9.05. The Morgan fingerprint density at radius 2 is 1.94 bits per heavy atom. The predicted octanol–water partition coefficient (Wildman–Crippen LogP) is 2.07. The Hall–Kier alpha value is -0.860. The zero-order valence-electron chi connectivity index (χ0n) is 10.7. The fourth-order valence-electron chi connectivity index (χ4n) is 1.88. The van der Waals surface area contributed by atoms with Gasteiger partial charge in [-0.15, -0.1) is 0 Å². The number of nitrogens with two attached hydrogens (primary N) is 1. The first-order valence-corrected chi connectivity index (χ1v) is 6.06. The second-order valence-corrected chi connectivity index (χ2v) is 4.91. The fraction of sp³-hybridized carbons (Fsp3) is 0.571. The molecule has 0 saturated heterocycles. The van der Waals surface area contributed by atoms with Crippen LogP contribution in [0, 0.1) is 0 Å². The fourth-order valence-corrected chi connectivity index (χ4v) is 1.88. The summed E-state index contributed by atoms with van der Waals surface area (Å²) < 4.78 is 0. The van der Waals surface area contributed by atoms with Gasteiger partial charge in [0, 0.05) is 6.04 Å². The van der Waals surface area contributed by atoms with Crippen molar-refractivity contribution in [3.63, 3.8) is 0 Å². The molecule has 0 saturated carbocycles. The highest BCUT2D eigenvalue weighted by atomic mass is 15.0. The number of aryl methyl sites for hydroxylation is 1. The summed E-state index contributed by atoms with van der Waals surface area (Å²) >= 11 is 0. The van der Waals surface area contributed by atoms with Crippen molar-refractivity contribution in [1.82, 2.24) is 4.90 Å². The Morgan fingerprint density at radius 3 is 2.56 bits per heavy atom. The van der Waals surface area contributed by atoms with Crippen LogP contribution in [0.25, 0.3) is 0 Å². The van der Waals surface area contributed by atoms with Gasteiger partial charge in [-0.2, -0.15) is 0 Å². The zero-order valence-corrected chi connectivity index (χ0v) is 10.7. The molecule has 0 bridgehead atoms. The van der Waals surface area contributed by atoms with Gasteiger partial charge in [-0.05, 0) is 58.0 Å². The molecule has 90 valence electrons. The van der Waals surface area contributed by atoms with E-state index in [1.807, 2.05) is 0 Å². The minimum atomic E-state index is 0.247. The minimum Gasteiger partial charge on any atom is -0.328 e. The second kappa shape index (κ2) is 6.66. The van der Waals surface area contributed by atoms with Gasteiger partial charge in [0.1, 0.15) is 0 Å². The van der Waals surface area contributed by atoms with Crippen LogP contribution in [0.5, 0.6) is 0 Å². The normalized spacial score (nSPS) is 13.1. The van der Waals surface area contributed by atoms with E-state index in [0.717, 1.165) is 19.4 Å². The monoisotopic (exact) mass is 220 g/mol. The molecule has 2 nitrogen and oxygen atoms in total. The van der Waals surface area contributed by atoms with Crippen molar-refractivity contribution >= 4 is 0 Å². The van der Waals surface area contributed by atoms with Gasteiger partial charge in [0.15, 0.2) is 0 Å². The topological polar surface area (TPSA) is 29.3 Å². The molecular weight excluding hydrogens is 196 g/mol. The molecule has 1 unspecified atom stereocenters. The van der Waals surface area contributed by atoms with Crippen LogP contribution in [0.1, 0.15) is 24.5 Å². The summed E-state index contributed by atoms with van der Waals surface area (Å²) in [6.07, 6.45) is 3.35. The summed E-state index contributed by atoms with van der Waals surface area (Å²) in [6.45, 7) is 3.20. The van der Waals surface area contributed by atoms with Crippen molar-refractivity contribution in [2.45, 2.75) is 32.2 Å². The summed E-state index contributed by atoms with van der Waals surface area (Å²) in [5, 5.41) is 0. The van der Waals surface area contributed by atoms with Gasteiger partial charge < -0.3 is 10.6 Å². The van der Waals surface area contributed by atoms with E-state index in [1.54, 1.807) is 0 Å². The third-order valence-corrected chi connectivity index (χ3v) is 2.62. The lowest BCUT2D eigenvalue weighted by atomic mass is 10.0. The first kappa shape index (κ1) is 13.2. The van der Waals surface area contributed by atoms with E-state index in [1.165, 1.54) is 17.5 Å². The molecule has 1 aromatic carbocycles. The van der Waals surface area contributed by atoms with Gasteiger partial charge in [0.05, 0.1) is 0 Å². The Kier molecular flexibility index (Phi) is 5.50. The van der Waals surface area contributed by atoms with Gasteiger partial charge in [-0.3, -0.25) is 0 Å². The van der Waals surface area contributed by atoms with E-state index >= 15 is 0 Å². The van der Waals surface area contributed by atoms with E-state index in [9.17, 15) is 0 Å². The number of rotatable bonds is 6. The zero-order chi connectivity index (χ0) is 12.0. The quantitative estimate of drug-likeness (QED) is 0.795. The lowest BCUT2D eigenvalue weighted by molar-refractivity contribution is 0.400. The molecule has 2 heteroatoms. The predicted molar refractivity (Wildman–Crippen MR) is 70.7 cm³/mol. The summed E-state index contributed by atoms with van der Waals surface area (Å²) in [7, 11) is 4.24. The molecule has 1 aromatic rings. The lowest BCUT2D eigenvalue weighted by Gasteiger charge is -2.10. The van der Waals surface area contributed by atoms with Crippen LogP contribution in [-0.2, 0) is 12.8 Å². The van der Waals surface area contributed by atoms with Gasteiger partial charge in [-0.25, -0.2) is 0 Å². The van der Waals surface area contributed by atoms with Crippen LogP contribution in [0.15, 0.2) is 24.3 Å². The maximum absolute atomic E-state index is 5.81. The molecule has 2 N–H and O–H groups in total. The van der Waals surface area contributed by atoms with Crippen LogP contribution in [-0.4, -0.2) is 31.6 Å². The van der Waals surface area contributed by atoms with Gasteiger partial charge >= 0.3 is 0 Å². The smallest absolute Gasteiger partial charge is 0.00509 e. The third-order valence-electron chi connectivity index (χ3n) is 2.62. The molecule has 0 aliphatic heterocycles. The molecule has 1 rings (SSSR count). The number of benzene rings is 1. The van der Waals surface area contributed by atoms with Crippen molar-refractivity contribution in [3.8, 4) is 0 Å². The first-order valence-electron chi connectivity index (χ1n) is 6.06. The first-order chi connectivity index (χ1) is 7.58. The molecule has 1 atom stereocenters. The molecular formula is C14H24N2. The summed E-state index contributed by atoms with van der Waals surface area (Å²) in [5.41, 5.74) is 8.60. The van der Waals surface area contributed by atoms with Gasteiger partial charge in [0.25, 0.3) is 0 Å². The highest BCUT2D eigenvalue weighted by Crippen LogP contribution is 2.09. The standard InChI is InChI=1S/C14H24N2/c1-12(15)10-14-7-4-6-13(11-14)8-5-9-16(2)3/h4,6-7,11-12H,5,8-10,15H2,1-3H3. The number of nitrogens with zero attached hydrogens (tertiary/aromatic N) is 1. The molecule has 0 spiro atoms. The van der Waals surface area contributed by atoms with Crippen molar-refractivity contribution in [1.29, 1.82) is 0 Å². The average molecular weight is 220 g/mol. The Balaban J connectivity index is 2.47. The van der Waals surface area contributed by atoms with Crippen LogP contribution < -0.4 is 5.73 Å². The summed E-state index contributed by atoms with van der Waals surface area (Å²) in [5.74, 6) is 0. The van der Waals surface area contributed by atoms with E-state index in [0.29, 0.717) is 0 Å². The SMILES string of the molecule is CC(N)Cc1cccc(CCCN(C)C)c1. The van der Waals surface area contributed by atoms with E-state index in [2.05, 4.69) is 50.2 Å². The Morgan fingerprint density at radius 1 is 1.25 bits per heavy atom. The molecule has 0 amide bonds. The van der Waals surface area contributed by atoms with Crippen LogP contribution in [0.3, 0.4) is 0 Å². The minimum absolute atomic E-state index is 0.247. The highest BCUT2D eigenvalue weighted by Gasteiger charge is 2.00. The van der Waals surface area contributed by atoms with Gasteiger partial charge in [0.2, 0.25) is 0 Å². The molecule has 0 heterocycles. The van der Waals surface area contributed by atoms with Crippen molar-refractivity contribution < 1.29 is 0 Å². The van der Waals surface area contributed by atoms with Crippen LogP contribution in [0.2, 0.25) is 0 Å². The third kappa shape index (κ3) is 5.29. The molecule has 0 aliphatic rings. The number of hydrogen-bond donors (Lipinski definition) is 1. The van der Waals surface area contributed by atoms with Crippen LogP contribution in [0.4, 0.5) is 0 Å². The van der Waals surface area contributed by atoms with Crippen LogP contribution >= 0.6 is 0 Å². The van der Waals surface area contributed by atoms with Crippen molar-refractivity contribution in [2.75, 3.05) is 20.6 Å². The molecule has 0 radical (unpaired) electrons. The molecule has 0 aliphatic carbocycles. The van der Waals surface area contributed by atoms with Crippen molar-refractivity contribution in [3.05, 3.63) is 35.4 Å². The number of hydrogen-bond acceptors (Lipinski definition) is 2. The Bertz CT molecular complexity index is 305. The highest BCUT2D eigenvalue weighted by molar-refractivity contribution is 5.24. The largest absolute Gasteiger partial charge is 0.328 e. The van der Waals surface area contributed by atoms with E-state index < -0.39 is 0 Å². The lowest BCUT2D eigenvalue weighted by Crippen LogP contribution is -2.17. The van der Waals surface area contributed by atoms with Crippen molar-refractivity contribution in [2.24, 2.45) is 5.73 Å². The Labute approximate surface area is 99.5 Å². The maximum atomic E-state index is 5.81. The average Bonchev–Trinajstić information content (AvgIpc) is 2.16. The molecule has 0 aromatic heterocycles. The van der Waals surface area contributed by atoms with E-state index in [4.69, 9.17) is 5.73 Å². The second-order valence-electron chi connectivity index (χ2n) is 4.91. The summed E-state index contributed by atoms with van der Waals surface area (Å²) in [4.78, 5) is 2.23. The maximum Gasteiger partial charge on any atom is 0.00509 e. The molecule has 16 heavy (non-hydrogen) atoms.